The molecular formula is C34H50O3. The van der Waals surface area contributed by atoms with Crippen LogP contribution in [-0.2, 0) is 27.1 Å². The molecule has 0 saturated carbocycles. The summed E-state index contributed by atoms with van der Waals surface area (Å²) in [4.78, 5) is 0. The highest BCUT2D eigenvalue weighted by Gasteiger charge is 2.42. The Kier molecular flexibility index (Phi) is 12.0. The lowest BCUT2D eigenvalue weighted by Crippen LogP contribution is -2.19. The summed E-state index contributed by atoms with van der Waals surface area (Å²) < 4.78 is 18.2. The van der Waals surface area contributed by atoms with Crippen LogP contribution in [0, 0.1) is 0 Å². The molecule has 0 aromatic heterocycles. The zero-order valence-electron chi connectivity index (χ0n) is 23.5. The van der Waals surface area contributed by atoms with Crippen molar-refractivity contribution in [2.75, 3.05) is 13.2 Å². The molecule has 0 aliphatic carbocycles. The predicted octanol–water partition coefficient (Wildman–Crippen LogP) is 9.09. The van der Waals surface area contributed by atoms with Crippen LogP contribution in [-0.4, -0.2) is 25.4 Å². The van der Waals surface area contributed by atoms with Gasteiger partial charge in [0.25, 0.3) is 0 Å². The fourth-order valence-electron chi connectivity index (χ4n) is 5.35. The number of ether oxygens (including phenoxy) is 3. The van der Waals surface area contributed by atoms with Crippen LogP contribution in [0.3, 0.4) is 0 Å². The van der Waals surface area contributed by atoms with Gasteiger partial charge in [-0.15, -0.1) is 0 Å². The van der Waals surface area contributed by atoms with Gasteiger partial charge in [-0.1, -0.05) is 127 Å². The second-order valence-electron chi connectivity index (χ2n) is 11.2. The molecule has 2 heterocycles. The molecule has 3 heteroatoms. The lowest BCUT2D eigenvalue weighted by atomic mass is 9.99. The number of rotatable bonds is 20. The number of benzene rings is 2. The van der Waals surface area contributed by atoms with Gasteiger partial charge in [0, 0.05) is 0 Å². The van der Waals surface area contributed by atoms with Gasteiger partial charge in [0.15, 0.2) is 0 Å². The third-order valence-corrected chi connectivity index (χ3v) is 7.94. The van der Waals surface area contributed by atoms with E-state index in [2.05, 4.69) is 62.4 Å². The average Bonchev–Trinajstić information content (AvgIpc) is 3.85. The van der Waals surface area contributed by atoms with Crippen LogP contribution >= 0.6 is 0 Å². The van der Waals surface area contributed by atoms with Crippen molar-refractivity contribution in [1.29, 1.82) is 0 Å². The molecule has 2 fully saturated rings. The van der Waals surface area contributed by atoms with Gasteiger partial charge in [0.05, 0.1) is 13.2 Å². The van der Waals surface area contributed by atoms with Gasteiger partial charge in [-0.3, -0.25) is 0 Å². The van der Waals surface area contributed by atoms with E-state index in [1.165, 1.54) is 112 Å². The van der Waals surface area contributed by atoms with Crippen LogP contribution in [0.15, 0.2) is 48.5 Å². The summed E-state index contributed by atoms with van der Waals surface area (Å²) in [7, 11) is 0. The number of unbranched alkanes of at least 4 members (excludes halogenated alkanes) is 10. The first kappa shape index (κ1) is 28.3. The Morgan fingerprint density at radius 1 is 0.568 bits per heavy atom. The van der Waals surface area contributed by atoms with Crippen molar-refractivity contribution in [3.05, 3.63) is 70.8 Å². The molecule has 204 valence electrons. The predicted molar refractivity (Wildman–Crippen MR) is 153 cm³/mol. The van der Waals surface area contributed by atoms with Crippen molar-refractivity contribution in [3.63, 3.8) is 0 Å². The molecule has 2 aromatic carbocycles. The topological polar surface area (TPSA) is 34.3 Å². The summed E-state index contributed by atoms with van der Waals surface area (Å²) in [5, 5.41) is 0. The highest BCUT2D eigenvalue weighted by molar-refractivity contribution is 5.28. The van der Waals surface area contributed by atoms with Crippen molar-refractivity contribution in [3.8, 4) is 0 Å². The second kappa shape index (κ2) is 15.7. The molecule has 0 spiro atoms. The third kappa shape index (κ3) is 9.85. The maximum absolute atomic E-state index is 6.77. The van der Waals surface area contributed by atoms with E-state index >= 15 is 0 Å². The zero-order valence-corrected chi connectivity index (χ0v) is 23.5. The molecule has 0 amide bonds. The third-order valence-electron chi connectivity index (χ3n) is 7.94. The summed E-state index contributed by atoms with van der Waals surface area (Å²) in [6, 6.07) is 18.2. The van der Waals surface area contributed by atoms with E-state index < -0.39 is 0 Å². The van der Waals surface area contributed by atoms with Gasteiger partial charge in [0.1, 0.15) is 24.4 Å². The Labute approximate surface area is 226 Å². The van der Waals surface area contributed by atoms with Gasteiger partial charge in [-0.25, -0.2) is 0 Å². The van der Waals surface area contributed by atoms with Crippen LogP contribution in [0.2, 0.25) is 0 Å². The Morgan fingerprint density at radius 3 is 1.27 bits per heavy atom. The maximum Gasteiger partial charge on any atom is 0.112 e. The minimum Gasteiger partial charge on any atom is -0.370 e. The lowest BCUT2D eigenvalue weighted by Gasteiger charge is -2.24. The van der Waals surface area contributed by atoms with E-state index in [0.717, 1.165) is 13.2 Å². The fourth-order valence-corrected chi connectivity index (χ4v) is 5.35. The molecular weight excluding hydrogens is 456 g/mol. The van der Waals surface area contributed by atoms with E-state index in [9.17, 15) is 0 Å². The van der Waals surface area contributed by atoms with Crippen LogP contribution in [0.1, 0.15) is 125 Å². The van der Waals surface area contributed by atoms with E-state index in [0.29, 0.717) is 0 Å². The highest BCUT2D eigenvalue weighted by Crippen LogP contribution is 2.40. The van der Waals surface area contributed by atoms with Crippen LogP contribution in [0.25, 0.3) is 0 Å². The first-order valence-electron chi connectivity index (χ1n) is 15.3. The second-order valence-corrected chi connectivity index (χ2v) is 11.2. The molecule has 0 N–H and O–H groups in total. The van der Waals surface area contributed by atoms with Crippen molar-refractivity contribution in [2.45, 2.75) is 128 Å². The Balaban J connectivity index is 1.29. The number of hydrogen-bond donors (Lipinski definition) is 0. The lowest BCUT2D eigenvalue weighted by molar-refractivity contribution is -0.0419. The monoisotopic (exact) mass is 506 g/mol. The molecule has 4 unspecified atom stereocenters. The Hall–Kier alpha value is -1.68. The van der Waals surface area contributed by atoms with Crippen molar-refractivity contribution >= 4 is 0 Å². The smallest absolute Gasteiger partial charge is 0.112 e. The average molecular weight is 507 g/mol. The van der Waals surface area contributed by atoms with E-state index in [4.69, 9.17) is 14.2 Å². The first-order chi connectivity index (χ1) is 18.3. The van der Waals surface area contributed by atoms with E-state index in [1.54, 1.807) is 0 Å². The van der Waals surface area contributed by atoms with Crippen LogP contribution in [0.5, 0.6) is 0 Å². The number of hydrogen-bond acceptors (Lipinski definition) is 3. The molecule has 2 aromatic rings. The van der Waals surface area contributed by atoms with Crippen LogP contribution < -0.4 is 0 Å². The first-order valence-corrected chi connectivity index (χ1v) is 15.3. The molecule has 4 rings (SSSR count). The van der Waals surface area contributed by atoms with Gasteiger partial charge >= 0.3 is 0 Å². The molecule has 3 nitrogen and oxygen atoms in total. The van der Waals surface area contributed by atoms with Gasteiger partial charge < -0.3 is 14.2 Å². The largest absolute Gasteiger partial charge is 0.370 e. The molecule has 2 aliphatic rings. The van der Waals surface area contributed by atoms with Crippen molar-refractivity contribution in [1.82, 2.24) is 0 Å². The standard InChI is InChI=1S/C34H50O3/c1-3-5-7-9-11-13-15-27-17-21-29(22-18-27)33(31-25-35-31)37-34(32-26-36-32)30-23-19-28(20-24-30)16-14-12-10-8-6-4-2/h17-24,31-34H,3-16,25-26H2,1-2H3. The minimum atomic E-state index is -0.0416. The molecule has 0 radical (unpaired) electrons. The summed E-state index contributed by atoms with van der Waals surface area (Å²) in [5.41, 5.74) is 5.30. The molecule has 4 atom stereocenters. The Bertz CT molecular complexity index is 793. The van der Waals surface area contributed by atoms with Crippen molar-refractivity contribution in [2.24, 2.45) is 0 Å². The molecule has 37 heavy (non-hydrogen) atoms. The SMILES string of the molecule is CCCCCCCCc1ccc(C(OC(c2ccc(CCCCCCCC)cc2)C2CO2)C2CO2)cc1. The van der Waals surface area contributed by atoms with Crippen molar-refractivity contribution < 1.29 is 14.2 Å². The summed E-state index contributed by atoms with van der Waals surface area (Å²) in [6.45, 7) is 6.11. The molecule has 2 aliphatic heterocycles. The van der Waals surface area contributed by atoms with E-state index in [1.807, 2.05) is 0 Å². The molecule has 2 saturated heterocycles. The van der Waals surface area contributed by atoms with E-state index in [-0.39, 0.29) is 24.4 Å². The number of epoxide rings is 2. The Morgan fingerprint density at radius 2 is 0.919 bits per heavy atom. The van der Waals surface area contributed by atoms with Gasteiger partial charge in [0.2, 0.25) is 0 Å². The normalized spacial score (nSPS) is 20.1. The number of aryl methyl sites for hydroxylation is 2. The summed E-state index contributed by atoms with van der Waals surface area (Å²) >= 11 is 0. The van der Waals surface area contributed by atoms with Gasteiger partial charge in [-0.2, -0.15) is 0 Å². The zero-order chi connectivity index (χ0) is 25.7. The minimum absolute atomic E-state index is 0.0416. The maximum atomic E-state index is 6.77. The quantitative estimate of drug-likeness (QED) is 0.133. The highest BCUT2D eigenvalue weighted by atomic mass is 16.6. The van der Waals surface area contributed by atoms with Crippen LogP contribution in [0.4, 0.5) is 0 Å². The molecule has 0 bridgehead atoms. The fraction of sp³-hybridized carbons (Fsp3) is 0.647. The van der Waals surface area contributed by atoms with Gasteiger partial charge in [-0.05, 0) is 47.9 Å². The summed E-state index contributed by atoms with van der Waals surface area (Å²) in [6.07, 6.45) is 18.7. The summed E-state index contributed by atoms with van der Waals surface area (Å²) in [5.74, 6) is 0.